The summed E-state index contributed by atoms with van der Waals surface area (Å²) in [7, 11) is -0.936. The molecule has 0 bridgehead atoms. The van der Waals surface area contributed by atoms with Crippen LogP contribution < -0.4 is 5.32 Å². The van der Waals surface area contributed by atoms with Crippen LogP contribution in [0.5, 0.6) is 0 Å². The van der Waals surface area contributed by atoms with Crippen molar-refractivity contribution in [2.75, 3.05) is 26.0 Å². The Balaban J connectivity index is 3.14. The van der Waals surface area contributed by atoms with Crippen molar-refractivity contribution in [1.82, 2.24) is 4.31 Å². The van der Waals surface area contributed by atoms with Gasteiger partial charge in [0.25, 0.3) is 5.69 Å². The summed E-state index contributed by atoms with van der Waals surface area (Å²) in [6.07, 6.45) is -0.337. The van der Waals surface area contributed by atoms with Gasteiger partial charge >= 0.3 is 0 Å². The second-order valence-electron chi connectivity index (χ2n) is 4.65. The fourth-order valence-electron chi connectivity index (χ4n) is 1.70. The molecular formula is C12H19N3O5S. The van der Waals surface area contributed by atoms with Gasteiger partial charge in [-0.1, -0.05) is 0 Å². The Labute approximate surface area is 123 Å². The first kappa shape index (κ1) is 17.3. The molecule has 1 atom stereocenters. The Bertz CT molecular complexity index is 615. The topological polar surface area (TPSA) is 113 Å². The van der Waals surface area contributed by atoms with Crippen molar-refractivity contribution in [2.45, 2.75) is 24.3 Å². The SMILES string of the molecule is CNc1ccc(S(=O)(=O)N(C)CCC(C)O)cc1[N+](=O)[O-]. The highest BCUT2D eigenvalue weighted by Gasteiger charge is 2.24. The summed E-state index contributed by atoms with van der Waals surface area (Å²) in [5.74, 6) is 0. The van der Waals surface area contributed by atoms with Gasteiger partial charge < -0.3 is 10.4 Å². The Kier molecular flexibility index (Phi) is 5.64. The molecule has 0 heterocycles. The van der Waals surface area contributed by atoms with E-state index in [2.05, 4.69) is 5.32 Å². The summed E-state index contributed by atoms with van der Waals surface area (Å²) < 4.78 is 25.7. The van der Waals surface area contributed by atoms with Crippen LogP contribution in [0.3, 0.4) is 0 Å². The molecule has 0 saturated carbocycles. The van der Waals surface area contributed by atoms with Gasteiger partial charge in [0.05, 0.1) is 15.9 Å². The standard InChI is InChI=1S/C12H19N3O5S/c1-9(16)6-7-14(3)21(19,20)10-4-5-11(13-2)12(8-10)15(17)18/h4-5,8-9,13,16H,6-7H2,1-3H3. The van der Waals surface area contributed by atoms with E-state index in [4.69, 9.17) is 0 Å². The fraction of sp³-hybridized carbons (Fsp3) is 0.500. The van der Waals surface area contributed by atoms with E-state index in [1.165, 1.54) is 26.2 Å². The summed E-state index contributed by atoms with van der Waals surface area (Å²) in [4.78, 5) is 10.2. The van der Waals surface area contributed by atoms with E-state index < -0.39 is 21.1 Å². The van der Waals surface area contributed by atoms with Crippen LogP contribution in [0, 0.1) is 10.1 Å². The zero-order valence-electron chi connectivity index (χ0n) is 12.1. The number of nitrogens with zero attached hydrogens (tertiary/aromatic N) is 2. The number of benzene rings is 1. The molecule has 0 aliphatic carbocycles. The van der Waals surface area contributed by atoms with Crippen molar-refractivity contribution in [2.24, 2.45) is 0 Å². The highest BCUT2D eigenvalue weighted by molar-refractivity contribution is 7.89. The van der Waals surface area contributed by atoms with Gasteiger partial charge in [-0.3, -0.25) is 10.1 Å². The van der Waals surface area contributed by atoms with Gasteiger partial charge in [0.2, 0.25) is 10.0 Å². The van der Waals surface area contributed by atoms with Crippen LogP contribution in [0.25, 0.3) is 0 Å². The molecule has 0 aliphatic rings. The van der Waals surface area contributed by atoms with Gasteiger partial charge in [0.15, 0.2) is 0 Å². The molecule has 1 unspecified atom stereocenters. The number of hydrogen-bond acceptors (Lipinski definition) is 6. The van der Waals surface area contributed by atoms with Crippen molar-refractivity contribution in [3.8, 4) is 0 Å². The number of rotatable bonds is 7. The number of nitro benzene ring substituents is 1. The van der Waals surface area contributed by atoms with Crippen LogP contribution in [-0.4, -0.2) is 49.5 Å². The van der Waals surface area contributed by atoms with Crippen LogP contribution in [-0.2, 0) is 10.0 Å². The number of sulfonamides is 1. The number of aliphatic hydroxyl groups excluding tert-OH is 1. The summed E-state index contributed by atoms with van der Waals surface area (Å²) in [6, 6.07) is 3.70. The first-order valence-electron chi connectivity index (χ1n) is 6.30. The average Bonchev–Trinajstić information content (AvgIpc) is 2.43. The van der Waals surface area contributed by atoms with Gasteiger partial charge in [-0.05, 0) is 25.5 Å². The number of anilines is 1. The van der Waals surface area contributed by atoms with Crippen molar-refractivity contribution in [3.63, 3.8) is 0 Å². The van der Waals surface area contributed by atoms with E-state index in [9.17, 15) is 23.6 Å². The molecule has 21 heavy (non-hydrogen) atoms. The summed E-state index contributed by atoms with van der Waals surface area (Å²) in [6.45, 7) is 1.69. The predicted octanol–water partition coefficient (Wildman–Crippen LogP) is 1.03. The third-order valence-corrected chi connectivity index (χ3v) is 4.86. The summed E-state index contributed by atoms with van der Waals surface area (Å²) in [5.41, 5.74) is -0.0620. The number of nitrogens with one attached hydrogen (secondary N) is 1. The van der Waals surface area contributed by atoms with Crippen LogP contribution in [0.1, 0.15) is 13.3 Å². The highest BCUT2D eigenvalue weighted by Crippen LogP contribution is 2.28. The van der Waals surface area contributed by atoms with Crippen LogP contribution in [0.2, 0.25) is 0 Å². The Hall–Kier alpha value is -1.71. The second-order valence-corrected chi connectivity index (χ2v) is 6.70. The molecule has 0 aromatic heterocycles. The maximum absolute atomic E-state index is 12.3. The molecule has 1 rings (SSSR count). The Morgan fingerprint density at radius 2 is 2.10 bits per heavy atom. The van der Waals surface area contributed by atoms with Crippen molar-refractivity contribution < 1.29 is 18.4 Å². The molecule has 118 valence electrons. The summed E-state index contributed by atoms with van der Waals surface area (Å²) >= 11 is 0. The first-order valence-corrected chi connectivity index (χ1v) is 7.74. The highest BCUT2D eigenvalue weighted by atomic mass is 32.2. The average molecular weight is 317 g/mol. The van der Waals surface area contributed by atoms with E-state index >= 15 is 0 Å². The van der Waals surface area contributed by atoms with Crippen LogP contribution in [0.4, 0.5) is 11.4 Å². The lowest BCUT2D eigenvalue weighted by molar-refractivity contribution is -0.384. The van der Waals surface area contributed by atoms with E-state index in [1.54, 1.807) is 6.92 Å². The molecule has 8 nitrogen and oxygen atoms in total. The maximum atomic E-state index is 12.3. The monoisotopic (exact) mass is 317 g/mol. The quantitative estimate of drug-likeness (QED) is 0.573. The molecule has 1 aromatic carbocycles. The third kappa shape index (κ3) is 4.13. The first-order chi connectivity index (χ1) is 9.70. The Morgan fingerprint density at radius 3 is 2.57 bits per heavy atom. The largest absolute Gasteiger partial charge is 0.393 e. The fourth-order valence-corrected chi connectivity index (χ4v) is 2.91. The van der Waals surface area contributed by atoms with E-state index in [0.29, 0.717) is 0 Å². The van der Waals surface area contributed by atoms with Gasteiger partial charge in [-0.25, -0.2) is 12.7 Å². The normalized spacial score (nSPS) is 13.2. The van der Waals surface area contributed by atoms with Crippen molar-refractivity contribution in [1.29, 1.82) is 0 Å². The number of hydrogen-bond donors (Lipinski definition) is 2. The van der Waals surface area contributed by atoms with E-state index in [-0.39, 0.29) is 29.2 Å². The molecule has 0 fully saturated rings. The molecule has 9 heteroatoms. The minimum atomic E-state index is -3.83. The maximum Gasteiger partial charge on any atom is 0.293 e. The molecule has 0 aliphatic heterocycles. The molecule has 0 spiro atoms. The molecule has 1 aromatic rings. The number of nitro groups is 1. The van der Waals surface area contributed by atoms with E-state index in [0.717, 1.165) is 10.4 Å². The van der Waals surface area contributed by atoms with Gasteiger partial charge in [0, 0.05) is 26.7 Å². The van der Waals surface area contributed by atoms with Crippen molar-refractivity contribution in [3.05, 3.63) is 28.3 Å². The minimum absolute atomic E-state index is 0.127. The molecule has 0 radical (unpaired) electrons. The zero-order valence-corrected chi connectivity index (χ0v) is 12.9. The number of aliphatic hydroxyl groups is 1. The molecule has 2 N–H and O–H groups in total. The van der Waals surface area contributed by atoms with E-state index in [1.807, 2.05) is 0 Å². The molecule has 0 amide bonds. The lowest BCUT2D eigenvalue weighted by Gasteiger charge is -2.18. The predicted molar refractivity (Wildman–Crippen MR) is 78.8 cm³/mol. The second kappa shape index (κ2) is 6.83. The van der Waals surface area contributed by atoms with Gasteiger partial charge in [-0.2, -0.15) is 0 Å². The van der Waals surface area contributed by atoms with Crippen molar-refractivity contribution >= 4 is 21.4 Å². The van der Waals surface area contributed by atoms with Gasteiger partial charge in [0.1, 0.15) is 5.69 Å². The third-order valence-electron chi connectivity index (χ3n) is 3.01. The van der Waals surface area contributed by atoms with Gasteiger partial charge in [-0.15, -0.1) is 0 Å². The molecular weight excluding hydrogens is 298 g/mol. The lowest BCUT2D eigenvalue weighted by Crippen LogP contribution is -2.29. The lowest BCUT2D eigenvalue weighted by atomic mass is 10.3. The smallest absolute Gasteiger partial charge is 0.293 e. The zero-order chi connectivity index (χ0) is 16.2. The molecule has 0 saturated heterocycles. The summed E-state index contributed by atoms with van der Waals surface area (Å²) in [5, 5.41) is 22.8. The van der Waals surface area contributed by atoms with Crippen LogP contribution in [0.15, 0.2) is 23.1 Å². The minimum Gasteiger partial charge on any atom is -0.393 e. The Morgan fingerprint density at radius 1 is 1.48 bits per heavy atom. The van der Waals surface area contributed by atoms with Crippen LogP contribution >= 0.6 is 0 Å².